The Morgan fingerprint density at radius 3 is 2.65 bits per heavy atom. The second kappa shape index (κ2) is 9.65. The quantitative estimate of drug-likeness (QED) is 0.430. The normalized spacial score (nSPS) is 25.9. The predicted octanol–water partition coefficient (Wildman–Crippen LogP) is -0.983. The number of nitrogens with one attached hydrogen (secondary N) is 4. The van der Waals surface area contributed by atoms with E-state index in [2.05, 4.69) is 38.2 Å². The number of nitrogens with zero attached hydrogens (tertiary/aromatic N) is 2. The number of rotatable bonds is 8. The average Bonchev–Trinajstić information content (AvgIpc) is 2.51. The molecule has 4 N–H and O–H groups in total. The molecule has 6 heteroatoms. The Balaban J connectivity index is 1.58. The van der Waals surface area contributed by atoms with Crippen molar-refractivity contribution in [2.45, 2.75) is 25.9 Å². The first-order chi connectivity index (χ1) is 9.90. The number of hydrogen-bond acceptors (Lipinski definition) is 6. The van der Waals surface area contributed by atoms with Gasteiger partial charge in [0, 0.05) is 52.4 Å². The summed E-state index contributed by atoms with van der Waals surface area (Å²) in [6.45, 7) is 13.5. The zero-order chi connectivity index (χ0) is 14.0. The SMILES string of the molecule is CCCNC1CNCCN1NCCCN1CCNCC1. The molecule has 0 aromatic heterocycles. The monoisotopic (exact) mass is 284 g/mol. The molecule has 6 nitrogen and oxygen atoms in total. The fourth-order valence-electron chi connectivity index (χ4n) is 2.85. The molecule has 0 spiro atoms. The van der Waals surface area contributed by atoms with Crippen molar-refractivity contribution in [1.82, 2.24) is 31.3 Å². The van der Waals surface area contributed by atoms with Crippen LogP contribution in [-0.4, -0.2) is 81.5 Å². The number of hydrogen-bond donors (Lipinski definition) is 4. The molecule has 1 unspecified atom stereocenters. The lowest BCUT2D eigenvalue weighted by Crippen LogP contribution is -2.62. The van der Waals surface area contributed by atoms with Crippen molar-refractivity contribution in [2.24, 2.45) is 0 Å². The first kappa shape index (κ1) is 16.1. The van der Waals surface area contributed by atoms with Crippen molar-refractivity contribution in [3.63, 3.8) is 0 Å². The third kappa shape index (κ3) is 5.63. The Bertz CT molecular complexity index is 244. The highest BCUT2D eigenvalue weighted by Crippen LogP contribution is 1.98. The lowest BCUT2D eigenvalue weighted by Gasteiger charge is -2.37. The maximum Gasteiger partial charge on any atom is 0.0859 e. The summed E-state index contributed by atoms with van der Waals surface area (Å²) in [4.78, 5) is 2.56. The van der Waals surface area contributed by atoms with Gasteiger partial charge in [-0.2, -0.15) is 0 Å². The summed E-state index contributed by atoms with van der Waals surface area (Å²) in [7, 11) is 0. The minimum absolute atomic E-state index is 0.433. The van der Waals surface area contributed by atoms with Gasteiger partial charge in [-0.05, 0) is 25.9 Å². The lowest BCUT2D eigenvalue weighted by atomic mass is 10.3. The van der Waals surface area contributed by atoms with Gasteiger partial charge in [0.15, 0.2) is 0 Å². The summed E-state index contributed by atoms with van der Waals surface area (Å²) in [5, 5.41) is 12.8. The van der Waals surface area contributed by atoms with Crippen molar-refractivity contribution in [1.29, 1.82) is 0 Å². The van der Waals surface area contributed by atoms with E-state index < -0.39 is 0 Å². The molecular weight excluding hydrogens is 252 g/mol. The van der Waals surface area contributed by atoms with Crippen molar-refractivity contribution < 1.29 is 0 Å². The molecule has 2 saturated heterocycles. The van der Waals surface area contributed by atoms with Crippen LogP contribution in [0, 0.1) is 0 Å². The molecule has 0 amide bonds. The molecule has 2 rings (SSSR count). The highest BCUT2D eigenvalue weighted by Gasteiger charge is 2.20. The van der Waals surface area contributed by atoms with Gasteiger partial charge in [0.25, 0.3) is 0 Å². The van der Waals surface area contributed by atoms with Crippen molar-refractivity contribution >= 4 is 0 Å². The smallest absolute Gasteiger partial charge is 0.0859 e. The summed E-state index contributed by atoms with van der Waals surface area (Å²) in [5.74, 6) is 0. The standard InChI is InChI=1S/C14H32N6/c1-2-4-17-14-13-16-8-12-20(14)18-5-3-9-19-10-6-15-7-11-19/h14-18H,2-13H2,1H3. The Kier molecular flexibility index (Phi) is 7.79. The summed E-state index contributed by atoms with van der Waals surface area (Å²) < 4.78 is 0. The highest BCUT2D eigenvalue weighted by atomic mass is 15.6. The second-order valence-corrected chi connectivity index (χ2v) is 5.72. The number of piperazine rings is 2. The Morgan fingerprint density at radius 1 is 1.05 bits per heavy atom. The van der Waals surface area contributed by atoms with Crippen LogP contribution < -0.4 is 21.4 Å². The Labute approximate surface area is 123 Å². The van der Waals surface area contributed by atoms with E-state index in [1.807, 2.05) is 0 Å². The maximum atomic E-state index is 3.61. The Hall–Kier alpha value is -0.240. The van der Waals surface area contributed by atoms with Crippen LogP contribution in [0.4, 0.5) is 0 Å². The first-order valence-electron chi connectivity index (χ1n) is 8.27. The minimum atomic E-state index is 0.433. The predicted molar refractivity (Wildman–Crippen MR) is 83.6 cm³/mol. The van der Waals surface area contributed by atoms with E-state index in [1.165, 1.54) is 32.5 Å². The van der Waals surface area contributed by atoms with Gasteiger partial charge >= 0.3 is 0 Å². The van der Waals surface area contributed by atoms with Gasteiger partial charge in [0.1, 0.15) is 0 Å². The number of hydrazine groups is 1. The molecule has 2 aliphatic rings. The van der Waals surface area contributed by atoms with Crippen LogP contribution in [0.3, 0.4) is 0 Å². The molecule has 20 heavy (non-hydrogen) atoms. The van der Waals surface area contributed by atoms with Gasteiger partial charge in [-0.25, -0.2) is 5.01 Å². The summed E-state index contributed by atoms with van der Waals surface area (Å²) in [6, 6.07) is 0. The van der Waals surface area contributed by atoms with Gasteiger partial charge in [-0.1, -0.05) is 6.92 Å². The molecule has 0 saturated carbocycles. The molecule has 1 atom stereocenters. The third-order valence-electron chi connectivity index (χ3n) is 4.05. The highest BCUT2D eigenvalue weighted by molar-refractivity contribution is 4.75. The van der Waals surface area contributed by atoms with Crippen LogP contribution >= 0.6 is 0 Å². The van der Waals surface area contributed by atoms with Crippen molar-refractivity contribution in [3.05, 3.63) is 0 Å². The zero-order valence-electron chi connectivity index (χ0n) is 13.0. The maximum absolute atomic E-state index is 3.61. The van der Waals surface area contributed by atoms with E-state index >= 15 is 0 Å². The molecule has 0 aromatic carbocycles. The van der Waals surface area contributed by atoms with E-state index in [0.717, 1.165) is 45.8 Å². The fraction of sp³-hybridized carbons (Fsp3) is 1.00. The Morgan fingerprint density at radius 2 is 1.85 bits per heavy atom. The van der Waals surface area contributed by atoms with Crippen molar-refractivity contribution in [2.75, 3.05) is 65.4 Å². The summed E-state index contributed by atoms with van der Waals surface area (Å²) >= 11 is 0. The molecule has 0 aromatic rings. The molecular formula is C14H32N6. The first-order valence-corrected chi connectivity index (χ1v) is 8.27. The third-order valence-corrected chi connectivity index (χ3v) is 4.05. The lowest BCUT2D eigenvalue weighted by molar-refractivity contribution is 0.0736. The van der Waals surface area contributed by atoms with E-state index in [9.17, 15) is 0 Å². The second-order valence-electron chi connectivity index (χ2n) is 5.72. The molecule has 118 valence electrons. The zero-order valence-corrected chi connectivity index (χ0v) is 13.0. The topological polar surface area (TPSA) is 54.6 Å². The fourth-order valence-corrected chi connectivity index (χ4v) is 2.85. The van der Waals surface area contributed by atoms with Gasteiger partial charge in [-0.15, -0.1) is 0 Å². The summed E-state index contributed by atoms with van der Waals surface area (Å²) in [5.41, 5.74) is 3.61. The van der Waals surface area contributed by atoms with Crippen LogP contribution in [0.1, 0.15) is 19.8 Å². The van der Waals surface area contributed by atoms with Gasteiger partial charge in [0.2, 0.25) is 0 Å². The van der Waals surface area contributed by atoms with Crippen LogP contribution in [0.5, 0.6) is 0 Å². The van der Waals surface area contributed by atoms with E-state index in [1.54, 1.807) is 0 Å². The molecule has 2 heterocycles. The largest absolute Gasteiger partial charge is 0.314 e. The van der Waals surface area contributed by atoms with Crippen LogP contribution in [0.2, 0.25) is 0 Å². The van der Waals surface area contributed by atoms with E-state index in [-0.39, 0.29) is 0 Å². The van der Waals surface area contributed by atoms with Gasteiger partial charge < -0.3 is 15.5 Å². The van der Waals surface area contributed by atoms with Crippen LogP contribution in [0.25, 0.3) is 0 Å². The van der Waals surface area contributed by atoms with E-state index in [4.69, 9.17) is 0 Å². The van der Waals surface area contributed by atoms with Gasteiger partial charge in [-0.3, -0.25) is 10.7 Å². The molecule has 0 radical (unpaired) electrons. The van der Waals surface area contributed by atoms with Crippen LogP contribution in [-0.2, 0) is 0 Å². The van der Waals surface area contributed by atoms with Crippen molar-refractivity contribution in [3.8, 4) is 0 Å². The van der Waals surface area contributed by atoms with Crippen LogP contribution in [0.15, 0.2) is 0 Å². The minimum Gasteiger partial charge on any atom is -0.314 e. The van der Waals surface area contributed by atoms with E-state index in [0.29, 0.717) is 6.17 Å². The average molecular weight is 284 g/mol. The molecule has 0 bridgehead atoms. The molecule has 2 fully saturated rings. The van der Waals surface area contributed by atoms with Gasteiger partial charge in [0.05, 0.1) is 6.17 Å². The molecule has 0 aliphatic carbocycles. The summed E-state index contributed by atoms with van der Waals surface area (Å²) in [6.07, 6.45) is 2.85. The molecule has 2 aliphatic heterocycles.